The van der Waals surface area contributed by atoms with Gasteiger partial charge in [0.1, 0.15) is 0 Å². The van der Waals surface area contributed by atoms with Crippen molar-refractivity contribution in [1.82, 2.24) is 9.78 Å². The molecule has 5 heteroatoms. The molecule has 142 valence electrons. The highest BCUT2D eigenvalue weighted by atomic mass is 28.4. The molecular formula is C22H28N2O2Si. The van der Waals surface area contributed by atoms with Crippen molar-refractivity contribution in [2.45, 2.75) is 39.0 Å². The van der Waals surface area contributed by atoms with Crippen molar-refractivity contribution in [3.63, 3.8) is 0 Å². The zero-order valence-electron chi connectivity index (χ0n) is 16.5. The number of benzene rings is 2. The number of aromatic nitrogens is 2. The fourth-order valence-corrected chi connectivity index (χ4v) is 8.25. The Bertz CT molecular complexity index is 831. The Kier molecular flexibility index (Phi) is 5.65. The first-order valence-electron chi connectivity index (χ1n) is 9.26. The Balaban J connectivity index is 2.10. The van der Waals surface area contributed by atoms with Crippen molar-refractivity contribution in [3.05, 3.63) is 78.1 Å². The average molecular weight is 381 g/mol. The van der Waals surface area contributed by atoms with E-state index in [1.54, 1.807) is 4.68 Å². The molecule has 0 saturated carbocycles. The van der Waals surface area contributed by atoms with E-state index >= 15 is 0 Å². The molecule has 0 aliphatic heterocycles. The molecule has 3 rings (SSSR count). The minimum Gasteiger partial charge on any atom is -0.402 e. The smallest absolute Gasteiger partial charge is 0.261 e. The van der Waals surface area contributed by atoms with Crippen LogP contribution >= 0.6 is 0 Å². The summed E-state index contributed by atoms with van der Waals surface area (Å²) < 4.78 is 8.68. The highest BCUT2D eigenvalue weighted by Gasteiger charge is 2.50. The van der Waals surface area contributed by atoms with Gasteiger partial charge in [0.2, 0.25) is 0 Å². The first kappa shape index (κ1) is 19.5. The van der Waals surface area contributed by atoms with E-state index in [0.29, 0.717) is 12.3 Å². The van der Waals surface area contributed by atoms with Crippen LogP contribution in [0, 0.1) is 0 Å². The average Bonchev–Trinajstić information content (AvgIpc) is 3.03. The summed E-state index contributed by atoms with van der Waals surface area (Å²) in [5.74, 6) is 0. The molecule has 0 atom stereocenters. The molecule has 1 aromatic heterocycles. The first-order valence-corrected chi connectivity index (χ1v) is 11.2. The summed E-state index contributed by atoms with van der Waals surface area (Å²) >= 11 is 0. The highest BCUT2D eigenvalue weighted by Crippen LogP contribution is 2.37. The third-order valence-electron chi connectivity index (χ3n) is 5.04. The van der Waals surface area contributed by atoms with E-state index in [2.05, 4.69) is 74.4 Å². The van der Waals surface area contributed by atoms with Crippen LogP contribution < -0.4 is 10.4 Å². The van der Waals surface area contributed by atoms with Gasteiger partial charge in [-0.2, -0.15) is 5.10 Å². The molecule has 0 fully saturated rings. The third-order valence-corrected chi connectivity index (χ3v) is 10.0. The van der Waals surface area contributed by atoms with Crippen LogP contribution in [0.4, 0.5) is 0 Å². The van der Waals surface area contributed by atoms with E-state index < -0.39 is 8.32 Å². The summed E-state index contributed by atoms with van der Waals surface area (Å²) in [5, 5.41) is 16.2. The van der Waals surface area contributed by atoms with Gasteiger partial charge >= 0.3 is 0 Å². The minimum absolute atomic E-state index is 0.0614. The van der Waals surface area contributed by atoms with Crippen molar-refractivity contribution in [1.29, 1.82) is 0 Å². The lowest BCUT2D eigenvalue weighted by molar-refractivity contribution is 0.274. The van der Waals surface area contributed by atoms with Gasteiger partial charge in [0.05, 0.1) is 24.6 Å². The predicted octanol–water partition coefficient (Wildman–Crippen LogP) is 2.99. The van der Waals surface area contributed by atoms with E-state index in [0.717, 1.165) is 5.69 Å². The molecule has 3 aromatic rings. The Labute approximate surface area is 162 Å². The highest BCUT2D eigenvalue weighted by molar-refractivity contribution is 6.99. The third kappa shape index (κ3) is 3.76. The summed E-state index contributed by atoms with van der Waals surface area (Å²) in [5.41, 5.74) is 1.63. The predicted molar refractivity (Wildman–Crippen MR) is 112 cm³/mol. The van der Waals surface area contributed by atoms with E-state index in [4.69, 9.17) is 4.43 Å². The number of nitrogens with zero attached hydrogens (tertiary/aromatic N) is 2. The molecule has 0 bridgehead atoms. The molecule has 0 saturated heterocycles. The van der Waals surface area contributed by atoms with Gasteiger partial charge in [0.15, 0.2) is 0 Å². The molecular weight excluding hydrogens is 352 g/mol. The van der Waals surface area contributed by atoms with Gasteiger partial charge in [0, 0.05) is 7.05 Å². The number of rotatable bonds is 6. The number of hydrogen-bond donors (Lipinski definition) is 1. The van der Waals surface area contributed by atoms with Gasteiger partial charge in [-0.05, 0) is 21.5 Å². The van der Waals surface area contributed by atoms with E-state index in [-0.39, 0.29) is 11.6 Å². The molecule has 27 heavy (non-hydrogen) atoms. The molecule has 0 radical (unpaired) electrons. The second kappa shape index (κ2) is 7.80. The maximum atomic E-state index is 9.38. The summed E-state index contributed by atoms with van der Waals surface area (Å²) in [4.78, 5) is 0. The molecule has 4 nitrogen and oxygen atoms in total. The molecule has 0 amide bonds. The fraction of sp³-hybridized carbons (Fsp3) is 0.318. The summed E-state index contributed by atoms with van der Waals surface area (Å²) in [7, 11) is -0.668. The Morgan fingerprint density at radius 3 is 1.89 bits per heavy atom. The number of aryl methyl sites for hydroxylation is 1. The van der Waals surface area contributed by atoms with Crippen molar-refractivity contribution < 1.29 is 9.53 Å². The molecule has 1 heterocycles. The fourth-order valence-electron chi connectivity index (χ4n) is 3.73. The van der Waals surface area contributed by atoms with Gasteiger partial charge in [0.25, 0.3) is 8.32 Å². The molecule has 2 aromatic carbocycles. The lowest BCUT2D eigenvalue weighted by Gasteiger charge is -2.43. The Hall–Kier alpha value is -2.21. The molecule has 0 spiro atoms. The van der Waals surface area contributed by atoms with Crippen LogP contribution in [0.1, 0.15) is 32.2 Å². The molecule has 0 aliphatic carbocycles. The van der Waals surface area contributed by atoms with Crippen molar-refractivity contribution in [3.8, 4) is 0 Å². The van der Waals surface area contributed by atoms with Gasteiger partial charge in [-0.1, -0.05) is 81.4 Å². The van der Waals surface area contributed by atoms with Crippen LogP contribution in [-0.2, 0) is 24.7 Å². The minimum atomic E-state index is -2.56. The largest absolute Gasteiger partial charge is 0.402 e. The topological polar surface area (TPSA) is 47.3 Å². The Morgan fingerprint density at radius 1 is 0.963 bits per heavy atom. The number of aliphatic hydroxyl groups is 1. The van der Waals surface area contributed by atoms with Gasteiger partial charge in [-0.15, -0.1) is 0 Å². The second-order valence-corrected chi connectivity index (χ2v) is 12.2. The summed E-state index contributed by atoms with van der Waals surface area (Å²) in [6.07, 6.45) is 0. The number of aliphatic hydroxyl groups excluding tert-OH is 1. The maximum absolute atomic E-state index is 9.38. The molecule has 1 N–H and O–H groups in total. The first-order chi connectivity index (χ1) is 12.9. The van der Waals surface area contributed by atoms with Gasteiger partial charge in [-0.25, -0.2) is 0 Å². The summed E-state index contributed by atoms with van der Waals surface area (Å²) in [6.45, 7) is 7.19. The quantitative estimate of drug-likeness (QED) is 0.669. The van der Waals surface area contributed by atoms with Crippen molar-refractivity contribution in [2.24, 2.45) is 7.05 Å². The summed E-state index contributed by atoms with van der Waals surface area (Å²) in [6, 6.07) is 23.1. The van der Waals surface area contributed by atoms with Crippen LogP contribution in [0.25, 0.3) is 0 Å². The molecule has 0 unspecified atom stereocenters. The number of hydrogen-bond acceptors (Lipinski definition) is 3. The van der Waals surface area contributed by atoms with Crippen LogP contribution in [0.2, 0.25) is 5.04 Å². The SMILES string of the molecule is Cn1nc(CO)cc1CO[Si](c1ccccc1)(c1ccccc1)C(C)(C)C. The van der Waals surface area contributed by atoms with E-state index in [1.165, 1.54) is 10.4 Å². The monoisotopic (exact) mass is 380 g/mol. The van der Waals surface area contributed by atoms with Crippen molar-refractivity contribution in [2.75, 3.05) is 0 Å². The van der Waals surface area contributed by atoms with Crippen LogP contribution in [0.15, 0.2) is 66.7 Å². The van der Waals surface area contributed by atoms with Gasteiger partial charge in [-0.3, -0.25) is 4.68 Å². The standard InChI is InChI=1S/C22H28N2O2Si/c1-22(2,3)27(20-11-7-5-8-12-20,21-13-9-6-10-14-21)26-17-19-15-18(16-25)23-24(19)4/h5-15,25H,16-17H2,1-4H3. The molecule has 0 aliphatic rings. The van der Waals surface area contributed by atoms with E-state index in [9.17, 15) is 5.11 Å². The Morgan fingerprint density at radius 2 is 1.48 bits per heavy atom. The van der Waals surface area contributed by atoms with Gasteiger partial charge < -0.3 is 9.53 Å². The lowest BCUT2D eigenvalue weighted by Crippen LogP contribution is -2.66. The normalized spacial score (nSPS) is 12.3. The van der Waals surface area contributed by atoms with Crippen LogP contribution in [0.3, 0.4) is 0 Å². The second-order valence-electron chi connectivity index (χ2n) is 7.86. The van der Waals surface area contributed by atoms with Crippen LogP contribution in [-0.4, -0.2) is 23.2 Å². The zero-order chi connectivity index (χ0) is 19.5. The maximum Gasteiger partial charge on any atom is 0.261 e. The van der Waals surface area contributed by atoms with E-state index in [1.807, 2.05) is 25.2 Å². The lowest BCUT2D eigenvalue weighted by atomic mass is 10.2. The van der Waals surface area contributed by atoms with Crippen molar-refractivity contribution >= 4 is 18.7 Å². The van der Waals surface area contributed by atoms with Crippen LogP contribution in [0.5, 0.6) is 0 Å². The zero-order valence-corrected chi connectivity index (χ0v) is 17.5.